The molecular weight excluding hydrogens is 304 g/mol. The van der Waals surface area contributed by atoms with Crippen molar-refractivity contribution in [3.8, 4) is 0 Å². The SMILES string of the molecule is C=CCCCOC(=O)CCCC(=O)OCCCCCCCCCC. The van der Waals surface area contributed by atoms with Gasteiger partial charge >= 0.3 is 11.9 Å². The van der Waals surface area contributed by atoms with Gasteiger partial charge in [0.05, 0.1) is 13.2 Å². The molecule has 0 aromatic rings. The average molecular weight is 341 g/mol. The first kappa shape index (κ1) is 22.7. The highest BCUT2D eigenvalue weighted by Gasteiger charge is 2.07. The number of rotatable bonds is 17. The van der Waals surface area contributed by atoms with Gasteiger partial charge in [-0.25, -0.2) is 0 Å². The fraction of sp³-hybridized carbons (Fsp3) is 0.800. The number of hydrogen-bond acceptors (Lipinski definition) is 4. The summed E-state index contributed by atoms with van der Waals surface area (Å²) >= 11 is 0. The van der Waals surface area contributed by atoms with E-state index in [-0.39, 0.29) is 18.4 Å². The molecule has 0 aliphatic carbocycles. The molecule has 0 spiro atoms. The van der Waals surface area contributed by atoms with Gasteiger partial charge in [0.2, 0.25) is 0 Å². The lowest BCUT2D eigenvalue weighted by molar-refractivity contribution is -0.145. The van der Waals surface area contributed by atoms with E-state index in [0.717, 1.165) is 25.7 Å². The third kappa shape index (κ3) is 17.0. The van der Waals surface area contributed by atoms with E-state index in [1.807, 2.05) is 0 Å². The van der Waals surface area contributed by atoms with Crippen LogP contribution in [0.2, 0.25) is 0 Å². The van der Waals surface area contributed by atoms with Gasteiger partial charge in [0.1, 0.15) is 0 Å². The van der Waals surface area contributed by atoms with Crippen LogP contribution >= 0.6 is 0 Å². The number of carbonyl (C=O) groups is 2. The zero-order valence-electron chi connectivity index (χ0n) is 15.5. The molecule has 0 bridgehead atoms. The van der Waals surface area contributed by atoms with Crippen LogP contribution in [0.3, 0.4) is 0 Å². The van der Waals surface area contributed by atoms with Gasteiger partial charge in [-0.15, -0.1) is 6.58 Å². The van der Waals surface area contributed by atoms with Crippen LogP contribution in [0.5, 0.6) is 0 Å². The van der Waals surface area contributed by atoms with Gasteiger partial charge in [0, 0.05) is 12.8 Å². The molecule has 0 radical (unpaired) electrons. The number of hydrogen-bond donors (Lipinski definition) is 0. The smallest absolute Gasteiger partial charge is 0.305 e. The van der Waals surface area contributed by atoms with E-state index >= 15 is 0 Å². The Kier molecular flexibility index (Phi) is 17.0. The maximum atomic E-state index is 11.5. The lowest BCUT2D eigenvalue weighted by Crippen LogP contribution is -2.09. The predicted octanol–water partition coefficient (Wildman–Crippen LogP) is 5.35. The molecule has 0 heterocycles. The predicted molar refractivity (Wildman–Crippen MR) is 97.8 cm³/mol. The number of ether oxygens (including phenoxy) is 2. The Bertz CT molecular complexity index is 326. The summed E-state index contributed by atoms with van der Waals surface area (Å²) < 4.78 is 10.2. The van der Waals surface area contributed by atoms with Gasteiger partial charge in [0.25, 0.3) is 0 Å². The molecule has 0 unspecified atom stereocenters. The van der Waals surface area contributed by atoms with Gasteiger partial charge < -0.3 is 9.47 Å². The second-order valence-corrected chi connectivity index (χ2v) is 6.20. The Morgan fingerprint density at radius 2 is 1.25 bits per heavy atom. The lowest BCUT2D eigenvalue weighted by Gasteiger charge is -2.06. The highest BCUT2D eigenvalue weighted by atomic mass is 16.5. The van der Waals surface area contributed by atoms with Gasteiger partial charge in [0.15, 0.2) is 0 Å². The van der Waals surface area contributed by atoms with Crippen molar-refractivity contribution in [3.63, 3.8) is 0 Å². The summed E-state index contributed by atoms with van der Waals surface area (Å²) in [6.07, 6.45) is 14.3. The van der Waals surface area contributed by atoms with Crippen molar-refractivity contribution in [2.45, 2.75) is 90.4 Å². The van der Waals surface area contributed by atoms with Crippen LogP contribution in [-0.4, -0.2) is 25.2 Å². The molecule has 0 fully saturated rings. The molecule has 140 valence electrons. The zero-order chi connectivity index (χ0) is 17.9. The molecule has 24 heavy (non-hydrogen) atoms. The standard InChI is InChI=1S/C20H36O4/c1-3-5-7-8-9-10-11-13-18-24-20(22)16-14-15-19(21)23-17-12-6-4-2/h4H,2-3,5-18H2,1H3. The molecule has 4 nitrogen and oxygen atoms in total. The van der Waals surface area contributed by atoms with Crippen LogP contribution < -0.4 is 0 Å². The molecule has 0 aliphatic heterocycles. The van der Waals surface area contributed by atoms with Crippen LogP contribution in [0.15, 0.2) is 12.7 Å². The Hall–Kier alpha value is -1.32. The van der Waals surface area contributed by atoms with Crippen molar-refractivity contribution in [3.05, 3.63) is 12.7 Å². The molecule has 0 aromatic carbocycles. The van der Waals surface area contributed by atoms with Crippen LogP contribution in [0.1, 0.15) is 90.4 Å². The summed E-state index contributed by atoms with van der Waals surface area (Å²) in [4.78, 5) is 23.0. The van der Waals surface area contributed by atoms with Crippen LogP contribution in [-0.2, 0) is 19.1 Å². The number of carbonyl (C=O) groups excluding carboxylic acids is 2. The minimum atomic E-state index is -0.241. The van der Waals surface area contributed by atoms with Gasteiger partial charge in [-0.3, -0.25) is 9.59 Å². The Morgan fingerprint density at radius 3 is 1.79 bits per heavy atom. The number of allylic oxidation sites excluding steroid dienone is 1. The third-order valence-electron chi connectivity index (χ3n) is 3.84. The maximum absolute atomic E-state index is 11.5. The van der Waals surface area contributed by atoms with E-state index < -0.39 is 0 Å². The fourth-order valence-electron chi connectivity index (χ4n) is 2.36. The maximum Gasteiger partial charge on any atom is 0.305 e. The Labute approximate surface area is 148 Å². The molecule has 0 rings (SSSR count). The lowest BCUT2D eigenvalue weighted by atomic mass is 10.1. The highest BCUT2D eigenvalue weighted by molar-refractivity contribution is 5.72. The largest absolute Gasteiger partial charge is 0.466 e. The molecule has 4 heteroatoms. The molecule has 0 atom stereocenters. The first-order chi connectivity index (χ1) is 11.7. The van der Waals surface area contributed by atoms with Crippen molar-refractivity contribution in [1.29, 1.82) is 0 Å². The van der Waals surface area contributed by atoms with Crippen LogP contribution in [0.4, 0.5) is 0 Å². The Balaban J connectivity index is 3.31. The van der Waals surface area contributed by atoms with Crippen molar-refractivity contribution in [2.75, 3.05) is 13.2 Å². The second kappa shape index (κ2) is 18.0. The van der Waals surface area contributed by atoms with Crippen LogP contribution in [0, 0.1) is 0 Å². The summed E-state index contributed by atoms with van der Waals surface area (Å²) in [5.41, 5.74) is 0. The number of esters is 2. The molecular formula is C20H36O4. The molecule has 0 aliphatic rings. The summed E-state index contributed by atoms with van der Waals surface area (Å²) in [6.45, 7) is 6.76. The van der Waals surface area contributed by atoms with Crippen molar-refractivity contribution >= 4 is 11.9 Å². The summed E-state index contributed by atoms with van der Waals surface area (Å²) in [5.74, 6) is -0.452. The molecule has 0 aromatic heterocycles. The van der Waals surface area contributed by atoms with E-state index in [2.05, 4.69) is 13.5 Å². The van der Waals surface area contributed by atoms with Crippen molar-refractivity contribution in [2.24, 2.45) is 0 Å². The topological polar surface area (TPSA) is 52.6 Å². The van der Waals surface area contributed by atoms with E-state index in [4.69, 9.17) is 9.47 Å². The first-order valence-electron chi connectivity index (χ1n) is 9.62. The third-order valence-corrected chi connectivity index (χ3v) is 3.84. The van der Waals surface area contributed by atoms with E-state index in [1.54, 1.807) is 6.08 Å². The average Bonchev–Trinajstić information content (AvgIpc) is 2.57. The van der Waals surface area contributed by atoms with Crippen molar-refractivity contribution < 1.29 is 19.1 Å². The first-order valence-corrected chi connectivity index (χ1v) is 9.62. The second-order valence-electron chi connectivity index (χ2n) is 6.20. The van der Waals surface area contributed by atoms with Gasteiger partial charge in [-0.05, 0) is 25.7 Å². The fourth-order valence-corrected chi connectivity index (χ4v) is 2.36. The van der Waals surface area contributed by atoms with Gasteiger partial charge in [-0.2, -0.15) is 0 Å². The Morgan fingerprint density at radius 1 is 0.750 bits per heavy atom. The normalized spacial score (nSPS) is 10.4. The van der Waals surface area contributed by atoms with Crippen LogP contribution in [0.25, 0.3) is 0 Å². The minimum Gasteiger partial charge on any atom is -0.466 e. The van der Waals surface area contributed by atoms with Crippen molar-refractivity contribution in [1.82, 2.24) is 0 Å². The molecule has 0 saturated carbocycles. The molecule has 0 saturated heterocycles. The monoisotopic (exact) mass is 340 g/mol. The zero-order valence-corrected chi connectivity index (χ0v) is 15.5. The summed E-state index contributed by atoms with van der Waals surface area (Å²) in [6, 6.07) is 0. The minimum absolute atomic E-state index is 0.211. The molecule has 0 N–H and O–H groups in total. The van der Waals surface area contributed by atoms with E-state index in [0.29, 0.717) is 26.1 Å². The quantitative estimate of drug-likeness (QED) is 0.203. The van der Waals surface area contributed by atoms with Gasteiger partial charge in [-0.1, -0.05) is 57.9 Å². The number of unbranched alkanes of at least 4 members (excludes halogenated alkanes) is 8. The summed E-state index contributed by atoms with van der Waals surface area (Å²) in [5, 5.41) is 0. The van der Waals surface area contributed by atoms with E-state index in [1.165, 1.54) is 38.5 Å². The highest BCUT2D eigenvalue weighted by Crippen LogP contribution is 2.08. The van der Waals surface area contributed by atoms with E-state index in [9.17, 15) is 9.59 Å². The molecule has 0 amide bonds. The summed E-state index contributed by atoms with van der Waals surface area (Å²) in [7, 11) is 0.